The van der Waals surface area contributed by atoms with E-state index in [9.17, 15) is 4.79 Å². The number of rotatable bonds is 8. The van der Waals surface area contributed by atoms with Crippen molar-refractivity contribution >= 4 is 16.8 Å². The second-order valence-electron chi connectivity index (χ2n) is 7.40. The Morgan fingerprint density at radius 2 is 1.63 bits per heavy atom. The van der Waals surface area contributed by atoms with E-state index in [-0.39, 0.29) is 11.9 Å². The van der Waals surface area contributed by atoms with Crippen molar-refractivity contribution in [1.29, 1.82) is 0 Å². The van der Waals surface area contributed by atoms with Gasteiger partial charge in [0.1, 0.15) is 5.75 Å². The maximum Gasteiger partial charge on any atom is 0.220 e. The van der Waals surface area contributed by atoms with E-state index in [1.165, 1.54) is 10.9 Å². The third-order valence-electron chi connectivity index (χ3n) is 5.41. The number of hydrogen-bond donors (Lipinski definition) is 2. The molecule has 0 aliphatic heterocycles. The molecule has 0 radical (unpaired) electrons. The van der Waals surface area contributed by atoms with Gasteiger partial charge >= 0.3 is 0 Å². The molecule has 0 saturated carbocycles. The molecule has 0 aliphatic rings. The number of H-pyrrole nitrogens is 1. The Bertz CT molecular complexity index is 1100. The average Bonchev–Trinajstić information content (AvgIpc) is 3.21. The first kappa shape index (κ1) is 19.8. The molecule has 0 aliphatic carbocycles. The first-order valence-corrected chi connectivity index (χ1v) is 10.3. The smallest absolute Gasteiger partial charge is 0.220 e. The first-order valence-electron chi connectivity index (χ1n) is 10.3. The van der Waals surface area contributed by atoms with E-state index < -0.39 is 0 Å². The summed E-state index contributed by atoms with van der Waals surface area (Å²) < 4.78 is 5.26. The van der Waals surface area contributed by atoms with E-state index >= 15 is 0 Å². The van der Waals surface area contributed by atoms with Gasteiger partial charge in [-0.2, -0.15) is 0 Å². The molecule has 30 heavy (non-hydrogen) atoms. The number of carbonyl (C=O) groups is 1. The molecule has 0 fully saturated rings. The Hall–Kier alpha value is -3.53. The molecule has 0 saturated heterocycles. The van der Waals surface area contributed by atoms with E-state index in [4.69, 9.17) is 4.74 Å². The predicted molar refractivity (Wildman–Crippen MR) is 121 cm³/mol. The highest BCUT2D eigenvalue weighted by molar-refractivity contribution is 5.83. The van der Waals surface area contributed by atoms with Crippen molar-refractivity contribution in [1.82, 2.24) is 10.3 Å². The van der Waals surface area contributed by atoms with Gasteiger partial charge in [-0.05, 0) is 47.7 Å². The minimum absolute atomic E-state index is 0.0551. The number of aromatic amines is 1. The number of aromatic nitrogens is 1. The zero-order valence-electron chi connectivity index (χ0n) is 17.1. The molecule has 3 aromatic carbocycles. The number of benzene rings is 3. The fraction of sp³-hybridized carbons (Fsp3) is 0.192. The second-order valence-corrected chi connectivity index (χ2v) is 7.40. The topological polar surface area (TPSA) is 54.1 Å². The van der Waals surface area contributed by atoms with Gasteiger partial charge in [0.25, 0.3) is 0 Å². The van der Waals surface area contributed by atoms with Gasteiger partial charge in [-0.1, -0.05) is 60.7 Å². The molecule has 1 heterocycles. The minimum atomic E-state index is -0.183. The summed E-state index contributed by atoms with van der Waals surface area (Å²) in [6, 6.07) is 26.0. The van der Waals surface area contributed by atoms with Crippen LogP contribution in [0.25, 0.3) is 10.9 Å². The number of para-hydroxylation sites is 1. The van der Waals surface area contributed by atoms with Crippen molar-refractivity contribution in [3.05, 3.63) is 102 Å². The molecule has 1 aromatic heterocycles. The van der Waals surface area contributed by atoms with Gasteiger partial charge in [-0.15, -0.1) is 0 Å². The molecule has 4 rings (SSSR count). The lowest BCUT2D eigenvalue weighted by Gasteiger charge is -2.20. The molecule has 0 spiro atoms. The zero-order valence-corrected chi connectivity index (χ0v) is 17.1. The number of carbonyl (C=O) groups excluding carboxylic acids is 1. The normalized spacial score (nSPS) is 11.9. The summed E-state index contributed by atoms with van der Waals surface area (Å²) in [5.74, 6) is 0.857. The summed E-state index contributed by atoms with van der Waals surface area (Å²) in [4.78, 5) is 16.1. The van der Waals surface area contributed by atoms with Crippen molar-refractivity contribution < 1.29 is 9.53 Å². The Labute approximate surface area is 176 Å². The number of hydrogen-bond acceptors (Lipinski definition) is 2. The van der Waals surface area contributed by atoms with Gasteiger partial charge in [0.15, 0.2) is 0 Å². The summed E-state index contributed by atoms with van der Waals surface area (Å²) in [6.07, 6.45) is 4.21. The van der Waals surface area contributed by atoms with Crippen LogP contribution in [0.4, 0.5) is 0 Å². The third-order valence-corrected chi connectivity index (χ3v) is 5.41. The molecule has 0 bridgehead atoms. The fourth-order valence-corrected chi connectivity index (χ4v) is 3.81. The predicted octanol–water partition coefficient (Wildman–Crippen LogP) is 5.41. The van der Waals surface area contributed by atoms with Crippen LogP contribution in [-0.2, 0) is 11.2 Å². The summed E-state index contributed by atoms with van der Waals surface area (Å²) in [5, 5.41) is 4.45. The Morgan fingerprint density at radius 1 is 0.933 bits per heavy atom. The lowest BCUT2D eigenvalue weighted by Crippen LogP contribution is -2.29. The molecule has 152 valence electrons. The van der Waals surface area contributed by atoms with E-state index in [2.05, 4.69) is 22.4 Å². The van der Waals surface area contributed by atoms with Crippen molar-refractivity contribution in [3.8, 4) is 5.75 Å². The van der Waals surface area contributed by atoms with E-state index in [1.54, 1.807) is 7.11 Å². The highest BCUT2D eigenvalue weighted by atomic mass is 16.5. The van der Waals surface area contributed by atoms with Gasteiger partial charge in [-0.3, -0.25) is 4.79 Å². The largest absolute Gasteiger partial charge is 0.497 e. The van der Waals surface area contributed by atoms with E-state index in [1.807, 2.05) is 72.9 Å². The van der Waals surface area contributed by atoms with Gasteiger partial charge in [0.05, 0.1) is 13.2 Å². The van der Waals surface area contributed by atoms with Gasteiger partial charge in [0.2, 0.25) is 5.91 Å². The number of aryl methyl sites for hydroxylation is 1. The van der Waals surface area contributed by atoms with Crippen LogP contribution in [0.2, 0.25) is 0 Å². The number of ether oxygens (including phenoxy) is 1. The average molecular weight is 399 g/mol. The molecule has 1 atom stereocenters. The van der Waals surface area contributed by atoms with Crippen LogP contribution in [0.15, 0.2) is 85.1 Å². The molecule has 4 heteroatoms. The minimum Gasteiger partial charge on any atom is -0.497 e. The quantitative estimate of drug-likeness (QED) is 0.417. The molecule has 2 N–H and O–H groups in total. The summed E-state index contributed by atoms with van der Waals surface area (Å²) >= 11 is 0. The number of amides is 1. The van der Waals surface area contributed by atoms with Gasteiger partial charge < -0.3 is 15.0 Å². The van der Waals surface area contributed by atoms with Crippen LogP contribution in [0.5, 0.6) is 5.75 Å². The van der Waals surface area contributed by atoms with Crippen molar-refractivity contribution in [2.45, 2.75) is 25.3 Å². The lowest BCUT2D eigenvalue weighted by atomic mass is 9.98. The van der Waals surface area contributed by atoms with Gasteiger partial charge in [-0.25, -0.2) is 0 Å². The summed E-state index contributed by atoms with van der Waals surface area (Å²) in [7, 11) is 1.65. The SMILES string of the molecule is COc1ccc([C@@H](NC(=O)CCCc2c[nH]c3ccccc23)c2ccccc2)cc1. The van der Waals surface area contributed by atoms with Crippen molar-refractivity contribution in [2.75, 3.05) is 7.11 Å². The van der Waals surface area contributed by atoms with Gasteiger partial charge in [0, 0.05) is 23.5 Å². The van der Waals surface area contributed by atoms with Crippen LogP contribution in [-0.4, -0.2) is 18.0 Å². The maximum atomic E-state index is 12.8. The Morgan fingerprint density at radius 3 is 2.40 bits per heavy atom. The number of fused-ring (bicyclic) bond motifs is 1. The fourth-order valence-electron chi connectivity index (χ4n) is 3.81. The summed E-state index contributed by atoms with van der Waals surface area (Å²) in [6.45, 7) is 0. The molecular formula is C26H26N2O2. The van der Waals surface area contributed by atoms with Crippen LogP contribution in [0.3, 0.4) is 0 Å². The standard InChI is InChI=1S/C26H26N2O2/c1-30-22-16-14-20(15-17-22)26(19-8-3-2-4-9-19)28-25(29)13-7-10-21-18-27-24-12-6-5-11-23(21)24/h2-6,8-9,11-12,14-18,26-27H,7,10,13H2,1H3,(H,28,29)/t26-/m0/s1. The molecular weight excluding hydrogens is 372 g/mol. The highest BCUT2D eigenvalue weighted by Crippen LogP contribution is 2.25. The zero-order chi connectivity index (χ0) is 20.8. The van der Waals surface area contributed by atoms with Crippen molar-refractivity contribution in [2.24, 2.45) is 0 Å². The highest BCUT2D eigenvalue weighted by Gasteiger charge is 2.17. The Balaban J connectivity index is 1.42. The van der Waals surface area contributed by atoms with E-state index in [0.717, 1.165) is 35.2 Å². The Kier molecular flexibility index (Phi) is 6.14. The van der Waals surface area contributed by atoms with Crippen LogP contribution in [0, 0.1) is 0 Å². The summed E-state index contributed by atoms with van der Waals surface area (Å²) in [5.41, 5.74) is 4.49. The van der Waals surface area contributed by atoms with E-state index in [0.29, 0.717) is 6.42 Å². The first-order chi connectivity index (χ1) is 14.7. The van der Waals surface area contributed by atoms with Crippen molar-refractivity contribution in [3.63, 3.8) is 0 Å². The number of methoxy groups -OCH3 is 1. The molecule has 4 aromatic rings. The lowest BCUT2D eigenvalue weighted by molar-refractivity contribution is -0.121. The van der Waals surface area contributed by atoms with Crippen LogP contribution < -0.4 is 10.1 Å². The van der Waals surface area contributed by atoms with Crippen LogP contribution in [0.1, 0.15) is 35.6 Å². The maximum absolute atomic E-state index is 12.8. The molecule has 0 unspecified atom stereocenters. The van der Waals surface area contributed by atoms with Crippen LogP contribution >= 0.6 is 0 Å². The molecule has 4 nitrogen and oxygen atoms in total. The monoisotopic (exact) mass is 398 g/mol. The molecule has 1 amide bonds. The third kappa shape index (κ3) is 4.54. The second kappa shape index (κ2) is 9.31. The number of nitrogens with one attached hydrogen (secondary N) is 2.